The van der Waals surface area contributed by atoms with Crippen LogP contribution < -0.4 is 21.1 Å². The van der Waals surface area contributed by atoms with Gasteiger partial charge in [0, 0.05) is 55.4 Å². The van der Waals surface area contributed by atoms with Crippen LogP contribution in [0.1, 0.15) is 109 Å². The predicted octanol–water partition coefficient (Wildman–Crippen LogP) is 17.0. The van der Waals surface area contributed by atoms with Gasteiger partial charge in [0.2, 0.25) is 0 Å². The van der Waals surface area contributed by atoms with Crippen molar-refractivity contribution >= 4 is 90.5 Å². The quantitative estimate of drug-likeness (QED) is 0.175. The molecule has 13 rings (SSSR count). The minimum atomic E-state index is 0.0207. The predicted molar refractivity (Wildman–Crippen MR) is 297 cm³/mol. The minimum absolute atomic E-state index is 0.0207. The Morgan fingerprint density at radius 1 is 0.471 bits per heavy atom. The summed E-state index contributed by atoms with van der Waals surface area (Å²) in [4.78, 5) is 2.58. The molecule has 0 atom stereocenters. The van der Waals surface area contributed by atoms with Crippen molar-refractivity contribution in [3.63, 3.8) is 0 Å². The molecule has 8 aromatic carbocycles. The number of aryl methyl sites for hydroxylation is 1. The third kappa shape index (κ3) is 6.49. The van der Waals surface area contributed by atoms with Crippen LogP contribution in [0.2, 0.25) is 0 Å². The Morgan fingerprint density at radius 3 is 1.77 bits per heavy atom. The second-order valence-corrected chi connectivity index (χ2v) is 23.3. The smallest absolute Gasteiger partial charge is 0.198 e. The van der Waals surface area contributed by atoms with Crippen molar-refractivity contribution in [3.8, 4) is 22.3 Å². The first-order chi connectivity index (χ1) is 33.6. The van der Waals surface area contributed by atoms with Gasteiger partial charge in [-0.05, 0) is 147 Å². The Kier molecular flexibility index (Phi) is 9.24. The molecule has 1 radical (unpaired) electrons. The van der Waals surface area contributed by atoms with Crippen LogP contribution in [-0.4, -0.2) is 7.28 Å². The summed E-state index contributed by atoms with van der Waals surface area (Å²) < 4.78 is 14.2. The topological polar surface area (TPSA) is 41.6 Å². The van der Waals surface area contributed by atoms with Crippen LogP contribution in [0.4, 0.5) is 28.4 Å². The summed E-state index contributed by atoms with van der Waals surface area (Å²) >= 11 is 0. The van der Waals surface area contributed by atoms with E-state index >= 15 is 0 Å². The zero-order valence-corrected chi connectivity index (χ0v) is 42.0. The lowest BCUT2D eigenvalue weighted by molar-refractivity contribution is 0.332. The van der Waals surface area contributed by atoms with Crippen molar-refractivity contribution < 1.29 is 8.83 Å². The number of benzene rings is 8. The van der Waals surface area contributed by atoms with Crippen LogP contribution in [0, 0.1) is 6.92 Å². The van der Waals surface area contributed by atoms with E-state index in [1.165, 1.54) is 57.5 Å². The molecule has 2 aromatic heterocycles. The van der Waals surface area contributed by atoms with Gasteiger partial charge in [-0.15, -0.1) is 0 Å². The maximum absolute atomic E-state index is 7.16. The van der Waals surface area contributed by atoms with E-state index in [1.807, 2.05) is 0 Å². The Bertz CT molecular complexity index is 3810. The van der Waals surface area contributed by atoms with Crippen molar-refractivity contribution in [1.82, 2.24) is 0 Å². The van der Waals surface area contributed by atoms with Gasteiger partial charge in [-0.25, -0.2) is 0 Å². The molecule has 0 saturated heterocycles. The van der Waals surface area contributed by atoms with Crippen molar-refractivity contribution in [3.05, 3.63) is 173 Å². The van der Waals surface area contributed by atoms with Crippen molar-refractivity contribution in [1.29, 1.82) is 0 Å². The first-order valence-electron chi connectivity index (χ1n) is 25.4. The Labute approximate surface area is 413 Å². The van der Waals surface area contributed by atoms with E-state index in [0.717, 1.165) is 102 Å². The number of para-hydroxylation sites is 2. The molecule has 3 aliphatic rings. The van der Waals surface area contributed by atoms with Gasteiger partial charge in [0.25, 0.3) is 0 Å². The minimum Gasteiger partial charge on any atom is -0.455 e. The molecule has 345 valence electrons. The van der Waals surface area contributed by atoms with Crippen LogP contribution in [0.25, 0.3) is 66.1 Å². The van der Waals surface area contributed by atoms with E-state index in [1.54, 1.807) is 0 Å². The molecule has 0 amide bonds. The number of nitrogens with one attached hydrogen (secondary N) is 1. The molecule has 5 heteroatoms. The highest BCUT2D eigenvalue weighted by molar-refractivity contribution is 6.74. The van der Waals surface area contributed by atoms with E-state index in [9.17, 15) is 0 Å². The van der Waals surface area contributed by atoms with Crippen LogP contribution in [0.3, 0.4) is 0 Å². The van der Waals surface area contributed by atoms with Gasteiger partial charge in [-0.2, -0.15) is 0 Å². The molecule has 70 heavy (non-hydrogen) atoms. The summed E-state index contributed by atoms with van der Waals surface area (Å²) in [5.41, 5.74) is 22.8. The fraction of sp³-hybridized carbons (Fsp3) is 0.262. The number of anilines is 5. The van der Waals surface area contributed by atoms with Gasteiger partial charge in [-0.3, -0.25) is 0 Å². The zero-order chi connectivity index (χ0) is 48.1. The fourth-order valence-corrected chi connectivity index (χ4v) is 12.6. The van der Waals surface area contributed by atoms with Crippen molar-refractivity contribution in [2.75, 3.05) is 10.2 Å². The van der Waals surface area contributed by atoms with Crippen LogP contribution in [0.15, 0.2) is 154 Å². The molecule has 4 nitrogen and oxygen atoms in total. The monoisotopic (exact) mass is 911 g/mol. The van der Waals surface area contributed by atoms with Crippen molar-refractivity contribution in [2.45, 2.75) is 110 Å². The molecule has 2 aliphatic carbocycles. The Hall–Kier alpha value is -6.98. The molecule has 3 heterocycles. The molecular formula is C65H60BN2O2. The largest absolute Gasteiger partial charge is 0.455 e. The Balaban J connectivity index is 1.12. The first-order valence-corrected chi connectivity index (χ1v) is 25.4. The van der Waals surface area contributed by atoms with Crippen LogP contribution in [-0.2, 0) is 21.7 Å². The highest BCUT2D eigenvalue weighted by atomic mass is 16.3. The molecule has 1 N–H and O–H groups in total. The lowest BCUT2D eigenvalue weighted by atomic mass is 9.57. The number of furan rings is 2. The third-order valence-corrected chi connectivity index (χ3v) is 17.0. The second kappa shape index (κ2) is 15.0. The average Bonchev–Trinajstić information content (AvgIpc) is 3.92. The molecular weight excluding hydrogens is 852 g/mol. The normalized spacial score (nSPS) is 17.2. The van der Waals surface area contributed by atoms with Gasteiger partial charge in [-0.1, -0.05) is 158 Å². The van der Waals surface area contributed by atoms with Gasteiger partial charge in [0.15, 0.2) is 12.9 Å². The highest BCUT2D eigenvalue weighted by Crippen LogP contribution is 2.53. The number of hydrogen-bond donors (Lipinski definition) is 1. The molecule has 0 fully saturated rings. The van der Waals surface area contributed by atoms with Gasteiger partial charge < -0.3 is 19.1 Å². The number of nitrogens with zero attached hydrogens (tertiary/aromatic N) is 1. The number of fused-ring (bicyclic) bond motifs is 10. The third-order valence-electron chi connectivity index (χ3n) is 17.0. The molecule has 1 aliphatic heterocycles. The highest BCUT2D eigenvalue weighted by Gasteiger charge is 2.40. The van der Waals surface area contributed by atoms with Crippen LogP contribution >= 0.6 is 0 Å². The molecule has 0 saturated carbocycles. The average molecular weight is 912 g/mol. The van der Waals surface area contributed by atoms with Gasteiger partial charge in [0.1, 0.15) is 16.7 Å². The Morgan fingerprint density at radius 2 is 1.07 bits per heavy atom. The first kappa shape index (κ1) is 43.1. The lowest BCUT2D eigenvalue weighted by Crippen LogP contribution is -2.41. The number of rotatable bonds is 5. The summed E-state index contributed by atoms with van der Waals surface area (Å²) in [6.07, 6.45) is 4.61. The number of hydrogen-bond acceptors (Lipinski definition) is 4. The maximum atomic E-state index is 7.16. The molecule has 0 spiro atoms. The van der Waals surface area contributed by atoms with E-state index in [-0.39, 0.29) is 21.7 Å². The van der Waals surface area contributed by atoms with E-state index < -0.39 is 0 Å². The maximum Gasteiger partial charge on any atom is 0.198 e. The standard InChI is InChI=1S/C65H60BN2O2/c1-38-33-48-50(65(8,9)32-31-63(48,4)5)37-52(38)68-53-34-40(39-17-11-10-12-18-39)23-28-51(53)66-58-54(68)36-46-43-20-14-16-22-56(43)69-60(46)57(58)45-26-25-44-42-19-13-15-21-55(42)70-61(44)59(45)67-41-24-27-47-49(35-41)64(6,7)30-29-62(47,2)3/h10-28,33-37,67H,29-32H2,1-9H3. The summed E-state index contributed by atoms with van der Waals surface area (Å²) in [5, 5.41) is 8.42. The molecule has 0 unspecified atom stereocenters. The second-order valence-electron chi connectivity index (χ2n) is 23.3. The SMILES string of the molecule is Cc1cc2c(cc1N1c3cc(-c4ccccc4)ccc3[B]c3c1cc1c(oc4ccccc41)c3-c1ccc3c(oc4ccccc43)c1Nc1ccc3c(c1)C(C)(C)CCC3(C)C)C(C)(C)CCC2(C)C. The summed E-state index contributed by atoms with van der Waals surface area (Å²) in [6, 6.07) is 53.8. The van der Waals surface area contributed by atoms with Crippen LogP contribution in [0.5, 0.6) is 0 Å². The van der Waals surface area contributed by atoms with E-state index in [4.69, 9.17) is 8.83 Å². The van der Waals surface area contributed by atoms with Gasteiger partial charge >= 0.3 is 0 Å². The molecule has 10 aromatic rings. The van der Waals surface area contributed by atoms with E-state index in [2.05, 4.69) is 225 Å². The lowest BCUT2D eigenvalue weighted by Gasteiger charge is -2.44. The van der Waals surface area contributed by atoms with Crippen molar-refractivity contribution in [2.24, 2.45) is 0 Å². The summed E-state index contributed by atoms with van der Waals surface area (Å²) in [6.45, 7) is 21.6. The van der Waals surface area contributed by atoms with E-state index in [0.29, 0.717) is 0 Å². The van der Waals surface area contributed by atoms with Gasteiger partial charge in [0.05, 0.1) is 5.69 Å². The summed E-state index contributed by atoms with van der Waals surface area (Å²) in [5.74, 6) is 0. The zero-order valence-electron chi connectivity index (χ0n) is 42.0. The fourth-order valence-electron chi connectivity index (χ4n) is 12.6. The summed E-state index contributed by atoms with van der Waals surface area (Å²) in [7, 11) is 2.41. The molecule has 0 bridgehead atoms.